The molecule has 4 rings (SSSR count). The average molecular weight is 390 g/mol. The minimum Gasteiger partial charge on any atom is -0.379 e. The minimum atomic E-state index is -4.35. The first-order valence-corrected chi connectivity index (χ1v) is 9.61. The molecule has 3 aromatic rings. The molecule has 0 saturated heterocycles. The summed E-state index contributed by atoms with van der Waals surface area (Å²) in [6.45, 7) is 10.4. The number of halogens is 3. The van der Waals surface area contributed by atoms with Gasteiger partial charge in [0.1, 0.15) is 16.7 Å². The molecule has 1 atom stereocenters. The van der Waals surface area contributed by atoms with Crippen molar-refractivity contribution in [1.29, 1.82) is 0 Å². The van der Waals surface area contributed by atoms with Crippen LogP contribution >= 0.6 is 0 Å². The van der Waals surface area contributed by atoms with Crippen molar-refractivity contribution >= 4 is 16.7 Å². The topological polar surface area (TPSA) is 42.7 Å². The smallest absolute Gasteiger partial charge is 0.379 e. The van der Waals surface area contributed by atoms with Crippen molar-refractivity contribution in [3.05, 3.63) is 41.1 Å². The van der Waals surface area contributed by atoms with E-state index in [1.807, 2.05) is 31.5 Å². The largest absolute Gasteiger partial charge is 0.416 e. The Morgan fingerprint density at radius 1 is 1.18 bits per heavy atom. The van der Waals surface area contributed by atoms with Crippen LogP contribution in [0.4, 0.5) is 18.9 Å². The van der Waals surface area contributed by atoms with E-state index in [2.05, 4.69) is 17.2 Å². The third kappa shape index (κ3) is 3.45. The van der Waals surface area contributed by atoms with Crippen LogP contribution in [0, 0.1) is 13.8 Å². The molecule has 2 aromatic heterocycles. The SMILES string of the molecule is CC.CCC1Cn2nc(-c3ccc(C(F)(F)F)cc3C)c3nc(C)cc(c32)N1. The van der Waals surface area contributed by atoms with E-state index in [0.717, 1.165) is 34.9 Å². The lowest BCUT2D eigenvalue weighted by Crippen LogP contribution is -2.29. The van der Waals surface area contributed by atoms with Crippen molar-refractivity contribution in [2.45, 2.75) is 59.8 Å². The molecule has 1 N–H and O–H groups in total. The third-order valence-electron chi connectivity index (χ3n) is 4.88. The summed E-state index contributed by atoms with van der Waals surface area (Å²) in [4.78, 5) is 4.63. The molecule has 0 bridgehead atoms. The molecule has 7 heteroatoms. The number of nitrogens with zero attached hydrogens (tertiary/aromatic N) is 3. The van der Waals surface area contributed by atoms with Gasteiger partial charge in [-0.1, -0.05) is 26.8 Å². The Bertz CT molecular complexity index is 1010. The maximum Gasteiger partial charge on any atom is 0.416 e. The zero-order chi connectivity index (χ0) is 20.6. The highest BCUT2D eigenvalue weighted by Gasteiger charge is 2.31. The number of aromatic nitrogens is 3. The molecule has 0 saturated carbocycles. The first-order valence-electron chi connectivity index (χ1n) is 9.61. The fourth-order valence-electron chi connectivity index (χ4n) is 3.55. The number of hydrogen-bond donors (Lipinski definition) is 1. The van der Waals surface area contributed by atoms with E-state index in [1.165, 1.54) is 12.1 Å². The Labute approximate surface area is 162 Å². The van der Waals surface area contributed by atoms with Gasteiger partial charge in [0.05, 0.1) is 17.8 Å². The number of anilines is 1. The van der Waals surface area contributed by atoms with Gasteiger partial charge in [0.15, 0.2) is 0 Å². The Morgan fingerprint density at radius 2 is 1.89 bits per heavy atom. The molecule has 1 aliphatic heterocycles. The Hall–Kier alpha value is -2.57. The van der Waals surface area contributed by atoms with Crippen LogP contribution in [0.15, 0.2) is 24.3 Å². The molecule has 150 valence electrons. The van der Waals surface area contributed by atoms with Crippen molar-refractivity contribution in [2.24, 2.45) is 0 Å². The highest BCUT2D eigenvalue weighted by Crippen LogP contribution is 2.38. The zero-order valence-electron chi connectivity index (χ0n) is 16.8. The van der Waals surface area contributed by atoms with Crippen molar-refractivity contribution in [1.82, 2.24) is 14.8 Å². The summed E-state index contributed by atoms with van der Waals surface area (Å²) in [5, 5.41) is 8.23. The second-order valence-corrected chi connectivity index (χ2v) is 6.82. The third-order valence-corrected chi connectivity index (χ3v) is 4.88. The molecule has 0 amide bonds. The lowest BCUT2D eigenvalue weighted by Gasteiger charge is -2.24. The van der Waals surface area contributed by atoms with E-state index >= 15 is 0 Å². The molecule has 28 heavy (non-hydrogen) atoms. The number of pyridine rings is 1. The molecule has 0 fully saturated rings. The first-order chi connectivity index (χ1) is 13.3. The van der Waals surface area contributed by atoms with Gasteiger partial charge >= 0.3 is 6.18 Å². The number of aryl methyl sites for hydroxylation is 2. The van der Waals surface area contributed by atoms with Crippen LogP contribution in [-0.4, -0.2) is 20.8 Å². The predicted octanol–water partition coefficient (Wildman–Crippen LogP) is 5.96. The van der Waals surface area contributed by atoms with Crippen LogP contribution in [-0.2, 0) is 12.7 Å². The standard InChI is InChI=1S/C19H19F3N4.C2H6/c1-4-13-9-26-18-15(24-13)8-11(3)23-17(18)16(25-26)14-6-5-12(7-10(14)2)19(20,21)22;1-2/h5-8,13,24H,4,9H2,1-3H3;1-2H3. The van der Waals surface area contributed by atoms with E-state index in [4.69, 9.17) is 5.10 Å². The highest BCUT2D eigenvalue weighted by molar-refractivity contribution is 5.98. The van der Waals surface area contributed by atoms with Crippen LogP contribution in [0.5, 0.6) is 0 Å². The molecular formula is C21H25F3N4. The monoisotopic (exact) mass is 390 g/mol. The summed E-state index contributed by atoms with van der Waals surface area (Å²) < 4.78 is 40.8. The predicted molar refractivity (Wildman–Crippen MR) is 106 cm³/mol. The van der Waals surface area contributed by atoms with Gasteiger partial charge < -0.3 is 5.32 Å². The fraction of sp³-hybridized carbons (Fsp3) is 0.429. The molecular weight excluding hydrogens is 365 g/mol. The first kappa shape index (κ1) is 20.2. The minimum absolute atomic E-state index is 0.272. The quantitative estimate of drug-likeness (QED) is 0.587. The van der Waals surface area contributed by atoms with Crippen molar-refractivity contribution < 1.29 is 13.2 Å². The lowest BCUT2D eigenvalue weighted by molar-refractivity contribution is -0.137. The van der Waals surface area contributed by atoms with E-state index in [9.17, 15) is 13.2 Å². The van der Waals surface area contributed by atoms with Crippen LogP contribution in [0.25, 0.3) is 22.3 Å². The molecule has 4 nitrogen and oxygen atoms in total. The molecule has 0 radical (unpaired) electrons. The zero-order valence-corrected chi connectivity index (χ0v) is 16.8. The number of alkyl halides is 3. The normalized spacial score (nSPS) is 15.8. The summed E-state index contributed by atoms with van der Waals surface area (Å²) in [7, 11) is 0. The van der Waals surface area contributed by atoms with Gasteiger partial charge in [0, 0.05) is 17.3 Å². The molecule has 1 aliphatic rings. The summed E-state index contributed by atoms with van der Waals surface area (Å²) in [5.74, 6) is 0. The average Bonchev–Trinajstić information content (AvgIpc) is 3.01. The lowest BCUT2D eigenvalue weighted by atomic mass is 10.0. The number of rotatable bonds is 2. The second kappa shape index (κ2) is 7.45. The van der Waals surface area contributed by atoms with Gasteiger partial charge in [-0.25, -0.2) is 4.98 Å². The van der Waals surface area contributed by atoms with E-state index < -0.39 is 11.7 Å². The van der Waals surface area contributed by atoms with Crippen molar-refractivity contribution in [2.75, 3.05) is 5.32 Å². The molecule has 1 aromatic carbocycles. The molecule has 1 unspecified atom stereocenters. The maximum absolute atomic E-state index is 13.0. The van der Waals surface area contributed by atoms with Crippen LogP contribution < -0.4 is 5.32 Å². The highest BCUT2D eigenvalue weighted by atomic mass is 19.4. The van der Waals surface area contributed by atoms with Crippen molar-refractivity contribution in [3.63, 3.8) is 0 Å². The van der Waals surface area contributed by atoms with Gasteiger partial charge in [-0.15, -0.1) is 0 Å². The Balaban J connectivity index is 0.00000109. The van der Waals surface area contributed by atoms with Gasteiger partial charge in [0.25, 0.3) is 0 Å². The van der Waals surface area contributed by atoms with Gasteiger partial charge in [-0.05, 0) is 44.0 Å². The summed E-state index contributed by atoms with van der Waals surface area (Å²) in [6, 6.07) is 6.04. The molecule has 0 spiro atoms. The molecule has 0 aliphatic carbocycles. The summed E-state index contributed by atoms with van der Waals surface area (Å²) in [6.07, 6.45) is -3.40. The van der Waals surface area contributed by atoms with Crippen LogP contribution in [0.2, 0.25) is 0 Å². The Kier molecular flexibility index (Phi) is 5.37. The molecule has 3 heterocycles. The maximum atomic E-state index is 13.0. The number of benzene rings is 1. The van der Waals surface area contributed by atoms with Crippen LogP contribution in [0.1, 0.15) is 44.0 Å². The van der Waals surface area contributed by atoms with Crippen LogP contribution in [0.3, 0.4) is 0 Å². The van der Waals surface area contributed by atoms with Gasteiger partial charge in [-0.3, -0.25) is 4.68 Å². The Morgan fingerprint density at radius 3 is 2.50 bits per heavy atom. The summed E-state index contributed by atoms with van der Waals surface area (Å²) >= 11 is 0. The fourth-order valence-corrected chi connectivity index (χ4v) is 3.55. The van der Waals surface area contributed by atoms with Gasteiger partial charge in [0.2, 0.25) is 0 Å². The van der Waals surface area contributed by atoms with E-state index in [1.54, 1.807) is 6.92 Å². The summed E-state index contributed by atoms with van der Waals surface area (Å²) in [5.41, 5.74) is 4.67. The van der Waals surface area contributed by atoms with E-state index in [-0.39, 0.29) is 6.04 Å². The number of hydrogen-bond acceptors (Lipinski definition) is 3. The van der Waals surface area contributed by atoms with Gasteiger partial charge in [-0.2, -0.15) is 18.3 Å². The van der Waals surface area contributed by atoms with Crippen molar-refractivity contribution in [3.8, 4) is 11.3 Å². The van der Waals surface area contributed by atoms with E-state index in [0.29, 0.717) is 23.4 Å². The second-order valence-electron chi connectivity index (χ2n) is 6.82. The number of nitrogens with one attached hydrogen (secondary N) is 1.